The molecule has 1 aliphatic carbocycles. The Labute approximate surface area is 118 Å². The summed E-state index contributed by atoms with van der Waals surface area (Å²) in [6.45, 7) is 2.88. The number of hydrogen-bond donors (Lipinski definition) is 1. The lowest BCUT2D eigenvalue weighted by atomic mass is 9.98. The molecule has 1 aliphatic rings. The summed E-state index contributed by atoms with van der Waals surface area (Å²) in [4.78, 5) is 1.05. The summed E-state index contributed by atoms with van der Waals surface area (Å²) in [5.41, 5.74) is -0.390. The number of halogens is 1. The number of nitrogens with one attached hydrogen (secondary N) is 1. The van der Waals surface area contributed by atoms with Crippen molar-refractivity contribution >= 4 is 23.4 Å². The SMILES string of the molecule is CCNC(C#N)(CSc1ccccc1Cl)C1CC1. The van der Waals surface area contributed by atoms with Crippen LogP contribution in [-0.4, -0.2) is 17.8 Å². The van der Waals surface area contributed by atoms with Crippen LogP contribution in [0.4, 0.5) is 0 Å². The molecular weight excluding hydrogens is 264 g/mol. The molecule has 0 radical (unpaired) electrons. The van der Waals surface area contributed by atoms with Crippen LogP contribution < -0.4 is 5.32 Å². The van der Waals surface area contributed by atoms with Crippen LogP contribution in [0, 0.1) is 17.2 Å². The van der Waals surface area contributed by atoms with Gasteiger partial charge in [-0.1, -0.05) is 30.7 Å². The second kappa shape index (κ2) is 5.97. The van der Waals surface area contributed by atoms with Gasteiger partial charge in [0.15, 0.2) is 0 Å². The molecule has 0 heterocycles. The third-order valence-corrected chi connectivity index (χ3v) is 4.97. The average molecular weight is 281 g/mol. The topological polar surface area (TPSA) is 35.8 Å². The summed E-state index contributed by atoms with van der Waals surface area (Å²) < 4.78 is 0. The fourth-order valence-electron chi connectivity index (χ4n) is 2.12. The number of rotatable bonds is 6. The maximum atomic E-state index is 9.51. The maximum Gasteiger partial charge on any atom is 0.119 e. The molecule has 0 saturated heterocycles. The van der Waals surface area contributed by atoms with E-state index in [0.29, 0.717) is 5.92 Å². The molecule has 96 valence electrons. The summed E-state index contributed by atoms with van der Waals surface area (Å²) in [7, 11) is 0. The van der Waals surface area contributed by atoms with Gasteiger partial charge < -0.3 is 0 Å². The molecule has 2 nitrogen and oxygen atoms in total. The highest BCUT2D eigenvalue weighted by atomic mass is 35.5. The van der Waals surface area contributed by atoms with Gasteiger partial charge in [0.1, 0.15) is 5.54 Å². The monoisotopic (exact) mass is 280 g/mol. The first-order valence-electron chi connectivity index (χ1n) is 6.25. The quantitative estimate of drug-likeness (QED) is 0.807. The molecule has 1 fully saturated rings. The second-order valence-electron chi connectivity index (χ2n) is 4.61. The smallest absolute Gasteiger partial charge is 0.119 e. The van der Waals surface area contributed by atoms with Gasteiger partial charge in [0.2, 0.25) is 0 Å². The summed E-state index contributed by atoms with van der Waals surface area (Å²) in [5, 5.41) is 13.6. The number of benzene rings is 1. The first-order valence-corrected chi connectivity index (χ1v) is 7.62. The van der Waals surface area contributed by atoms with Gasteiger partial charge in [0.05, 0.1) is 11.1 Å². The Morgan fingerprint density at radius 3 is 2.78 bits per heavy atom. The molecule has 1 aromatic carbocycles. The second-order valence-corrected chi connectivity index (χ2v) is 6.03. The minimum absolute atomic E-state index is 0.390. The molecule has 0 aromatic heterocycles. The molecule has 2 rings (SSSR count). The molecule has 1 atom stereocenters. The molecule has 0 bridgehead atoms. The zero-order valence-electron chi connectivity index (χ0n) is 10.4. The molecule has 1 saturated carbocycles. The van der Waals surface area contributed by atoms with Crippen molar-refractivity contribution in [3.05, 3.63) is 29.3 Å². The summed E-state index contributed by atoms with van der Waals surface area (Å²) in [6.07, 6.45) is 2.31. The van der Waals surface area contributed by atoms with Crippen LogP contribution >= 0.6 is 23.4 Å². The van der Waals surface area contributed by atoms with E-state index in [0.717, 1.165) is 35.1 Å². The van der Waals surface area contributed by atoms with Gasteiger partial charge in [-0.25, -0.2) is 0 Å². The first kappa shape index (κ1) is 13.7. The van der Waals surface area contributed by atoms with E-state index in [-0.39, 0.29) is 0 Å². The van der Waals surface area contributed by atoms with Gasteiger partial charge in [-0.2, -0.15) is 5.26 Å². The molecule has 0 spiro atoms. The fraction of sp³-hybridized carbons (Fsp3) is 0.500. The van der Waals surface area contributed by atoms with Gasteiger partial charge in [0.25, 0.3) is 0 Å². The van der Waals surface area contributed by atoms with Crippen molar-refractivity contribution in [2.24, 2.45) is 5.92 Å². The van der Waals surface area contributed by atoms with Crippen molar-refractivity contribution in [2.75, 3.05) is 12.3 Å². The first-order chi connectivity index (χ1) is 8.72. The fourth-order valence-corrected chi connectivity index (χ4v) is 3.59. The molecule has 18 heavy (non-hydrogen) atoms. The van der Waals surface area contributed by atoms with E-state index < -0.39 is 5.54 Å². The molecule has 1 aromatic rings. The van der Waals surface area contributed by atoms with E-state index in [1.165, 1.54) is 0 Å². The van der Waals surface area contributed by atoms with Gasteiger partial charge in [-0.05, 0) is 37.4 Å². The predicted octanol–water partition coefficient (Wildman–Crippen LogP) is 3.71. The molecular formula is C14H17ClN2S. The Bertz CT molecular complexity index is 453. The Morgan fingerprint density at radius 1 is 1.50 bits per heavy atom. The average Bonchev–Trinajstić information content (AvgIpc) is 3.21. The van der Waals surface area contributed by atoms with Crippen LogP contribution in [0.3, 0.4) is 0 Å². The molecule has 1 N–H and O–H groups in total. The Morgan fingerprint density at radius 2 is 2.22 bits per heavy atom. The van der Waals surface area contributed by atoms with E-state index >= 15 is 0 Å². The standard InChI is InChI=1S/C14H17ClN2S/c1-2-17-14(9-16,11-7-8-11)10-18-13-6-4-3-5-12(13)15/h3-6,11,17H,2,7-8,10H2,1H3. The normalized spacial score (nSPS) is 18.1. The Hall–Kier alpha value is -0.690. The number of hydrogen-bond acceptors (Lipinski definition) is 3. The van der Waals surface area contributed by atoms with E-state index in [9.17, 15) is 5.26 Å². The molecule has 0 amide bonds. The van der Waals surface area contributed by atoms with Crippen molar-refractivity contribution in [1.29, 1.82) is 5.26 Å². The molecule has 0 aliphatic heterocycles. The van der Waals surface area contributed by atoms with E-state index in [4.69, 9.17) is 11.6 Å². The van der Waals surface area contributed by atoms with Crippen molar-refractivity contribution in [2.45, 2.75) is 30.2 Å². The summed E-state index contributed by atoms with van der Waals surface area (Å²) in [6, 6.07) is 10.3. The maximum absolute atomic E-state index is 9.51. The minimum Gasteiger partial charge on any atom is -0.299 e. The van der Waals surface area contributed by atoms with Crippen LogP contribution in [0.15, 0.2) is 29.2 Å². The van der Waals surface area contributed by atoms with Crippen molar-refractivity contribution < 1.29 is 0 Å². The predicted molar refractivity (Wildman–Crippen MR) is 76.9 cm³/mol. The van der Waals surface area contributed by atoms with Crippen LogP contribution in [0.25, 0.3) is 0 Å². The highest BCUT2D eigenvalue weighted by Crippen LogP contribution is 2.42. The third kappa shape index (κ3) is 3.00. The van der Waals surface area contributed by atoms with Gasteiger partial charge in [-0.3, -0.25) is 5.32 Å². The van der Waals surface area contributed by atoms with Crippen LogP contribution in [0.2, 0.25) is 5.02 Å². The van der Waals surface area contributed by atoms with Crippen molar-refractivity contribution in [3.63, 3.8) is 0 Å². The lowest BCUT2D eigenvalue weighted by molar-refractivity contribution is 0.416. The van der Waals surface area contributed by atoms with Crippen LogP contribution in [-0.2, 0) is 0 Å². The minimum atomic E-state index is -0.390. The number of thioether (sulfide) groups is 1. The number of nitrogens with zero attached hydrogens (tertiary/aromatic N) is 1. The zero-order chi connectivity index (χ0) is 13.0. The highest BCUT2D eigenvalue weighted by molar-refractivity contribution is 7.99. The zero-order valence-corrected chi connectivity index (χ0v) is 12.0. The van der Waals surface area contributed by atoms with Crippen LogP contribution in [0.1, 0.15) is 19.8 Å². The summed E-state index contributed by atoms with van der Waals surface area (Å²) >= 11 is 7.81. The summed E-state index contributed by atoms with van der Waals surface area (Å²) in [5.74, 6) is 1.25. The van der Waals surface area contributed by atoms with E-state index in [1.54, 1.807) is 11.8 Å². The lowest BCUT2D eigenvalue weighted by Gasteiger charge is -2.27. The van der Waals surface area contributed by atoms with Crippen molar-refractivity contribution in [1.82, 2.24) is 5.32 Å². The van der Waals surface area contributed by atoms with Crippen LogP contribution in [0.5, 0.6) is 0 Å². The Kier molecular flexibility index (Phi) is 4.55. The van der Waals surface area contributed by atoms with E-state index in [1.807, 2.05) is 24.3 Å². The molecule has 1 unspecified atom stereocenters. The third-order valence-electron chi connectivity index (χ3n) is 3.26. The lowest BCUT2D eigenvalue weighted by Crippen LogP contribution is -2.48. The van der Waals surface area contributed by atoms with Gasteiger partial charge >= 0.3 is 0 Å². The van der Waals surface area contributed by atoms with Gasteiger partial charge in [0, 0.05) is 10.6 Å². The molecule has 4 heteroatoms. The van der Waals surface area contributed by atoms with E-state index in [2.05, 4.69) is 18.3 Å². The Balaban J connectivity index is 2.06. The highest BCUT2D eigenvalue weighted by Gasteiger charge is 2.45. The van der Waals surface area contributed by atoms with Crippen molar-refractivity contribution in [3.8, 4) is 6.07 Å². The largest absolute Gasteiger partial charge is 0.299 e. The number of nitriles is 1. The van der Waals surface area contributed by atoms with Gasteiger partial charge in [-0.15, -0.1) is 11.8 Å².